The highest BCUT2D eigenvalue weighted by molar-refractivity contribution is 5.92. The highest BCUT2D eigenvalue weighted by Gasteiger charge is 2.13. The topological polar surface area (TPSA) is 76.1 Å². The minimum atomic E-state index is -0.199. The van der Waals surface area contributed by atoms with Crippen molar-refractivity contribution in [3.8, 4) is 0 Å². The lowest BCUT2D eigenvalue weighted by Gasteiger charge is -2.21. The second-order valence-electron chi connectivity index (χ2n) is 5.27. The number of nitrogens with zero attached hydrogens (tertiary/aromatic N) is 2. The lowest BCUT2D eigenvalue weighted by atomic mass is 10.1. The Kier molecular flexibility index (Phi) is 5.69. The van der Waals surface area contributed by atoms with Gasteiger partial charge in [-0.25, -0.2) is 9.97 Å². The quantitative estimate of drug-likeness (QED) is 0.762. The van der Waals surface area contributed by atoms with Gasteiger partial charge in [0.15, 0.2) is 0 Å². The zero-order valence-electron chi connectivity index (χ0n) is 12.0. The number of hydrogen-bond acceptors (Lipinski definition) is 5. The van der Waals surface area contributed by atoms with Crippen LogP contribution in [0, 0.1) is 0 Å². The van der Waals surface area contributed by atoms with E-state index in [-0.39, 0.29) is 11.4 Å². The summed E-state index contributed by atoms with van der Waals surface area (Å²) in [5.41, 5.74) is 0.250. The first-order chi connectivity index (χ1) is 8.92. The van der Waals surface area contributed by atoms with Crippen molar-refractivity contribution in [2.75, 3.05) is 25.6 Å². The van der Waals surface area contributed by atoms with Crippen LogP contribution in [0.2, 0.25) is 0 Å². The first kappa shape index (κ1) is 15.4. The Hall–Kier alpha value is -1.69. The Morgan fingerprint density at radius 3 is 2.74 bits per heavy atom. The number of methoxy groups -OCH3 is 1. The molecule has 6 heteroatoms. The Morgan fingerprint density at radius 1 is 1.37 bits per heavy atom. The van der Waals surface area contributed by atoms with E-state index in [1.165, 1.54) is 6.33 Å². The normalized spacial score (nSPS) is 11.2. The van der Waals surface area contributed by atoms with Gasteiger partial charge >= 0.3 is 0 Å². The Bertz CT molecular complexity index is 415. The number of carbonyl (C=O) groups excluding carboxylic acids is 1. The van der Waals surface area contributed by atoms with Crippen molar-refractivity contribution in [3.63, 3.8) is 0 Å². The van der Waals surface area contributed by atoms with E-state index in [1.807, 2.05) is 20.8 Å². The Balaban J connectivity index is 2.58. The molecule has 0 unspecified atom stereocenters. The van der Waals surface area contributed by atoms with E-state index < -0.39 is 0 Å². The SMILES string of the molecule is COCCCNC(=O)c1cc(NC(C)(C)C)ncn1. The van der Waals surface area contributed by atoms with Gasteiger partial charge in [-0.3, -0.25) is 4.79 Å². The number of hydrogen-bond donors (Lipinski definition) is 2. The summed E-state index contributed by atoms with van der Waals surface area (Å²) in [7, 11) is 1.64. The summed E-state index contributed by atoms with van der Waals surface area (Å²) in [6, 6.07) is 1.65. The smallest absolute Gasteiger partial charge is 0.270 e. The van der Waals surface area contributed by atoms with E-state index in [9.17, 15) is 4.79 Å². The van der Waals surface area contributed by atoms with Crippen LogP contribution in [0.15, 0.2) is 12.4 Å². The molecule has 0 aliphatic heterocycles. The summed E-state index contributed by atoms with van der Waals surface area (Å²) in [6.07, 6.45) is 2.17. The summed E-state index contributed by atoms with van der Waals surface area (Å²) >= 11 is 0. The van der Waals surface area contributed by atoms with Crippen LogP contribution in [0.25, 0.3) is 0 Å². The van der Waals surface area contributed by atoms with Gasteiger partial charge < -0.3 is 15.4 Å². The van der Waals surface area contributed by atoms with Crippen molar-refractivity contribution in [1.29, 1.82) is 0 Å². The molecule has 1 aromatic rings. The van der Waals surface area contributed by atoms with Gasteiger partial charge in [0.1, 0.15) is 17.8 Å². The van der Waals surface area contributed by atoms with Gasteiger partial charge in [0.25, 0.3) is 5.91 Å². The molecule has 0 aromatic carbocycles. The Labute approximate surface area is 114 Å². The van der Waals surface area contributed by atoms with Gasteiger partial charge in [-0.2, -0.15) is 0 Å². The predicted octanol–water partition coefficient (Wildman–Crippen LogP) is 1.45. The van der Waals surface area contributed by atoms with E-state index in [0.717, 1.165) is 6.42 Å². The molecular formula is C13H22N4O2. The maximum atomic E-state index is 11.9. The molecule has 0 spiro atoms. The van der Waals surface area contributed by atoms with Crippen molar-refractivity contribution in [1.82, 2.24) is 15.3 Å². The number of ether oxygens (including phenoxy) is 1. The van der Waals surface area contributed by atoms with Crippen molar-refractivity contribution in [2.45, 2.75) is 32.7 Å². The molecule has 106 valence electrons. The van der Waals surface area contributed by atoms with Gasteiger partial charge in [0.2, 0.25) is 0 Å². The number of rotatable bonds is 6. The number of carbonyl (C=O) groups is 1. The lowest BCUT2D eigenvalue weighted by molar-refractivity contribution is 0.0943. The van der Waals surface area contributed by atoms with E-state index in [2.05, 4.69) is 20.6 Å². The average molecular weight is 266 g/mol. The van der Waals surface area contributed by atoms with E-state index in [1.54, 1.807) is 13.2 Å². The summed E-state index contributed by atoms with van der Waals surface area (Å²) < 4.78 is 4.92. The third-order valence-electron chi connectivity index (χ3n) is 2.21. The third-order valence-corrected chi connectivity index (χ3v) is 2.21. The maximum absolute atomic E-state index is 11.9. The van der Waals surface area contributed by atoms with Crippen LogP contribution in [0.1, 0.15) is 37.7 Å². The van der Waals surface area contributed by atoms with Gasteiger partial charge in [-0.1, -0.05) is 0 Å². The molecule has 0 saturated heterocycles. The summed E-state index contributed by atoms with van der Waals surface area (Å²) in [5.74, 6) is 0.444. The van der Waals surface area contributed by atoms with Gasteiger partial charge in [-0.15, -0.1) is 0 Å². The maximum Gasteiger partial charge on any atom is 0.270 e. The summed E-state index contributed by atoms with van der Waals surface area (Å²) in [4.78, 5) is 19.9. The summed E-state index contributed by atoms with van der Waals surface area (Å²) in [5, 5.41) is 5.99. The van der Waals surface area contributed by atoms with Crippen molar-refractivity contribution < 1.29 is 9.53 Å². The zero-order valence-corrected chi connectivity index (χ0v) is 12.0. The Morgan fingerprint density at radius 2 is 2.11 bits per heavy atom. The highest BCUT2D eigenvalue weighted by atomic mass is 16.5. The lowest BCUT2D eigenvalue weighted by Crippen LogP contribution is -2.28. The average Bonchev–Trinajstić information content (AvgIpc) is 2.32. The summed E-state index contributed by atoms with van der Waals surface area (Å²) in [6.45, 7) is 7.28. The second kappa shape index (κ2) is 7.04. The molecule has 1 rings (SSSR count). The molecule has 6 nitrogen and oxygen atoms in total. The predicted molar refractivity (Wildman–Crippen MR) is 74.2 cm³/mol. The minimum Gasteiger partial charge on any atom is -0.385 e. The third kappa shape index (κ3) is 6.15. The molecule has 1 heterocycles. The van der Waals surface area contributed by atoms with Crippen molar-refractivity contribution in [2.24, 2.45) is 0 Å². The zero-order chi connectivity index (χ0) is 14.3. The molecule has 0 bridgehead atoms. The number of anilines is 1. The largest absolute Gasteiger partial charge is 0.385 e. The van der Waals surface area contributed by atoms with Crippen molar-refractivity contribution >= 4 is 11.7 Å². The number of aromatic nitrogens is 2. The molecule has 1 amide bonds. The molecule has 19 heavy (non-hydrogen) atoms. The molecule has 0 saturated carbocycles. The fraction of sp³-hybridized carbons (Fsp3) is 0.615. The van der Waals surface area contributed by atoms with Crippen LogP contribution in [-0.4, -0.2) is 41.7 Å². The fourth-order valence-corrected chi connectivity index (χ4v) is 1.44. The highest BCUT2D eigenvalue weighted by Crippen LogP contribution is 2.11. The van der Waals surface area contributed by atoms with Crippen LogP contribution < -0.4 is 10.6 Å². The minimum absolute atomic E-state index is 0.111. The molecule has 0 radical (unpaired) electrons. The first-order valence-electron chi connectivity index (χ1n) is 6.30. The molecule has 0 aliphatic rings. The molecule has 0 fully saturated rings. The van der Waals surface area contributed by atoms with Crippen LogP contribution in [0.5, 0.6) is 0 Å². The van der Waals surface area contributed by atoms with Gasteiger partial charge in [0.05, 0.1) is 0 Å². The molecule has 0 atom stereocenters. The first-order valence-corrected chi connectivity index (χ1v) is 6.30. The van der Waals surface area contributed by atoms with Crippen LogP contribution in [0.3, 0.4) is 0 Å². The standard InChI is InChI=1S/C13H22N4O2/c1-13(2,3)17-11-8-10(15-9-16-11)12(18)14-6-5-7-19-4/h8-9H,5-7H2,1-4H3,(H,14,18)(H,15,16,17). The van der Waals surface area contributed by atoms with Crippen molar-refractivity contribution in [3.05, 3.63) is 18.1 Å². The van der Waals surface area contributed by atoms with Crippen LogP contribution in [0.4, 0.5) is 5.82 Å². The fourth-order valence-electron chi connectivity index (χ4n) is 1.44. The second-order valence-corrected chi connectivity index (χ2v) is 5.27. The number of amides is 1. The molecule has 1 aromatic heterocycles. The van der Waals surface area contributed by atoms with E-state index in [4.69, 9.17) is 4.74 Å². The van der Waals surface area contributed by atoms with Crippen LogP contribution in [-0.2, 0) is 4.74 Å². The number of nitrogens with one attached hydrogen (secondary N) is 2. The monoisotopic (exact) mass is 266 g/mol. The molecular weight excluding hydrogens is 244 g/mol. The van der Waals surface area contributed by atoms with Gasteiger partial charge in [-0.05, 0) is 27.2 Å². The van der Waals surface area contributed by atoms with Crippen LogP contribution >= 0.6 is 0 Å². The molecule has 0 aliphatic carbocycles. The van der Waals surface area contributed by atoms with Gasteiger partial charge in [0, 0.05) is 31.9 Å². The van der Waals surface area contributed by atoms with E-state index >= 15 is 0 Å². The molecule has 2 N–H and O–H groups in total. The van der Waals surface area contributed by atoms with E-state index in [0.29, 0.717) is 24.7 Å².